The molecule has 2 aromatic rings. The molecule has 0 aliphatic carbocycles. The van der Waals surface area contributed by atoms with Gasteiger partial charge in [-0.3, -0.25) is 0 Å². The van der Waals surface area contributed by atoms with Crippen LogP contribution >= 0.6 is 0 Å². The van der Waals surface area contributed by atoms with E-state index in [9.17, 15) is 10.2 Å². The average molecular weight is 214 g/mol. The molecule has 0 saturated carbocycles. The van der Waals surface area contributed by atoms with Gasteiger partial charge in [-0.25, -0.2) is 0 Å². The highest BCUT2D eigenvalue weighted by atomic mass is 16.3. The Morgan fingerprint density at radius 3 is 2.00 bits per heavy atom. The first kappa shape index (κ1) is 10.6. The van der Waals surface area contributed by atoms with Crippen molar-refractivity contribution in [2.24, 2.45) is 0 Å². The zero-order chi connectivity index (χ0) is 11.5. The van der Waals surface area contributed by atoms with Gasteiger partial charge in [-0.15, -0.1) is 0 Å². The molecule has 0 bridgehead atoms. The van der Waals surface area contributed by atoms with Crippen LogP contribution in [0.1, 0.15) is 12.5 Å². The van der Waals surface area contributed by atoms with E-state index >= 15 is 0 Å². The van der Waals surface area contributed by atoms with Gasteiger partial charge in [0.2, 0.25) is 0 Å². The number of rotatable bonds is 2. The summed E-state index contributed by atoms with van der Waals surface area (Å²) in [4.78, 5) is 0. The van der Waals surface area contributed by atoms with Crippen LogP contribution in [0.4, 0.5) is 0 Å². The van der Waals surface area contributed by atoms with Crippen LogP contribution in [0.15, 0.2) is 42.5 Å². The fraction of sp³-hybridized carbons (Fsp3) is 0.143. The van der Waals surface area contributed by atoms with Crippen LogP contribution in [0, 0.1) is 0 Å². The highest BCUT2D eigenvalue weighted by Crippen LogP contribution is 2.30. The van der Waals surface area contributed by atoms with Gasteiger partial charge in [0, 0.05) is 0 Å². The van der Waals surface area contributed by atoms with E-state index in [2.05, 4.69) is 19.1 Å². The van der Waals surface area contributed by atoms with Crippen LogP contribution in [0.5, 0.6) is 11.5 Å². The summed E-state index contributed by atoms with van der Waals surface area (Å²) in [6.45, 7) is 2.11. The fourth-order valence-electron chi connectivity index (χ4n) is 1.64. The molecule has 2 heteroatoms. The highest BCUT2D eigenvalue weighted by Gasteiger charge is 2.02. The van der Waals surface area contributed by atoms with E-state index in [1.807, 2.05) is 12.1 Å². The summed E-state index contributed by atoms with van der Waals surface area (Å²) in [5, 5.41) is 18.6. The lowest BCUT2D eigenvalue weighted by Gasteiger charge is -2.04. The fourth-order valence-corrected chi connectivity index (χ4v) is 1.64. The molecule has 2 nitrogen and oxygen atoms in total. The van der Waals surface area contributed by atoms with E-state index in [0.717, 1.165) is 17.5 Å². The largest absolute Gasteiger partial charge is 0.504 e. The van der Waals surface area contributed by atoms with Gasteiger partial charge in [-0.05, 0) is 35.2 Å². The van der Waals surface area contributed by atoms with E-state index in [-0.39, 0.29) is 11.5 Å². The molecule has 0 radical (unpaired) electrons. The topological polar surface area (TPSA) is 40.5 Å². The number of benzene rings is 2. The lowest BCUT2D eigenvalue weighted by molar-refractivity contribution is 0.404. The van der Waals surface area contributed by atoms with Crippen LogP contribution in [-0.4, -0.2) is 10.2 Å². The first-order chi connectivity index (χ1) is 7.70. The Morgan fingerprint density at radius 1 is 0.812 bits per heavy atom. The van der Waals surface area contributed by atoms with Crippen molar-refractivity contribution in [3.63, 3.8) is 0 Å². The maximum atomic E-state index is 9.41. The summed E-state index contributed by atoms with van der Waals surface area (Å²) >= 11 is 0. The maximum Gasteiger partial charge on any atom is 0.158 e. The molecular formula is C14H14O2. The summed E-state index contributed by atoms with van der Waals surface area (Å²) in [6.07, 6.45) is 1.01. The zero-order valence-corrected chi connectivity index (χ0v) is 9.14. The summed E-state index contributed by atoms with van der Waals surface area (Å²) in [5.74, 6) is -0.175. The first-order valence-electron chi connectivity index (χ1n) is 5.32. The normalized spacial score (nSPS) is 10.3. The van der Waals surface area contributed by atoms with Crippen LogP contribution in [0.3, 0.4) is 0 Å². The average Bonchev–Trinajstić information content (AvgIpc) is 2.33. The Hall–Kier alpha value is -1.96. The minimum atomic E-state index is -0.0890. The molecule has 0 unspecified atom stereocenters. The van der Waals surface area contributed by atoms with E-state index in [1.54, 1.807) is 12.1 Å². The Labute approximate surface area is 94.8 Å². The van der Waals surface area contributed by atoms with Crippen molar-refractivity contribution < 1.29 is 10.2 Å². The van der Waals surface area contributed by atoms with Gasteiger partial charge in [0.15, 0.2) is 11.5 Å². The number of phenols is 2. The SMILES string of the molecule is CCc1ccc(-c2ccc(O)c(O)c2)cc1. The molecular weight excluding hydrogens is 200 g/mol. The minimum Gasteiger partial charge on any atom is -0.504 e. The third kappa shape index (κ3) is 2.01. The number of aryl methyl sites for hydroxylation is 1. The molecule has 0 aliphatic rings. The Balaban J connectivity index is 2.38. The van der Waals surface area contributed by atoms with E-state index < -0.39 is 0 Å². The van der Waals surface area contributed by atoms with Gasteiger partial charge < -0.3 is 10.2 Å². The van der Waals surface area contributed by atoms with E-state index in [4.69, 9.17) is 0 Å². The summed E-state index contributed by atoms with van der Waals surface area (Å²) < 4.78 is 0. The summed E-state index contributed by atoms with van der Waals surface area (Å²) in [5.41, 5.74) is 3.22. The second-order valence-corrected chi connectivity index (χ2v) is 3.75. The van der Waals surface area contributed by atoms with Gasteiger partial charge in [-0.1, -0.05) is 37.3 Å². The van der Waals surface area contributed by atoms with Gasteiger partial charge in [0.05, 0.1) is 0 Å². The second-order valence-electron chi connectivity index (χ2n) is 3.75. The van der Waals surface area contributed by atoms with Gasteiger partial charge in [-0.2, -0.15) is 0 Å². The first-order valence-corrected chi connectivity index (χ1v) is 5.32. The third-order valence-corrected chi connectivity index (χ3v) is 2.67. The molecule has 2 N–H and O–H groups in total. The number of hydrogen-bond donors (Lipinski definition) is 2. The van der Waals surface area contributed by atoms with Gasteiger partial charge in [0.25, 0.3) is 0 Å². The van der Waals surface area contributed by atoms with Crippen molar-refractivity contribution in [3.8, 4) is 22.6 Å². The van der Waals surface area contributed by atoms with Crippen LogP contribution < -0.4 is 0 Å². The quantitative estimate of drug-likeness (QED) is 0.753. The molecule has 0 aromatic heterocycles. The minimum absolute atomic E-state index is 0.0860. The zero-order valence-electron chi connectivity index (χ0n) is 9.14. The van der Waals surface area contributed by atoms with Crippen molar-refractivity contribution in [1.82, 2.24) is 0 Å². The maximum absolute atomic E-state index is 9.41. The second kappa shape index (κ2) is 4.27. The number of phenolic OH excluding ortho intramolecular Hbond substituents is 2. The van der Waals surface area contributed by atoms with Crippen molar-refractivity contribution in [2.45, 2.75) is 13.3 Å². The van der Waals surface area contributed by atoms with Gasteiger partial charge in [0.1, 0.15) is 0 Å². The molecule has 0 atom stereocenters. The molecule has 0 fully saturated rings. The molecule has 16 heavy (non-hydrogen) atoms. The smallest absolute Gasteiger partial charge is 0.158 e. The number of aromatic hydroxyl groups is 2. The van der Waals surface area contributed by atoms with Crippen molar-refractivity contribution in [1.29, 1.82) is 0 Å². The van der Waals surface area contributed by atoms with Crippen molar-refractivity contribution in [2.75, 3.05) is 0 Å². The Morgan fingerprint density at radius 2 is 1.44 bits per heavy atom. The van der Waals surface area contributed by atoms with E-state index in [0.29, 0.717) is 0 Å². The molecule has 0 aliphatic heterocycles. The summed E-state index contributed by atoms with van der Waals surface area (Å²) in [7, 11) is 0. The Kier molecular flexibility index (Phi) is 2.82. The molecule has 82 valence electrons. The van der Waals surface area contributed by atoms with Crippen LogP contribution in [-0.2, 0) is 6.42 Å². The standard InChI is InChI=1S/C14H14O2/c1-2-10-3-5-11(6-4-10)12-7-8-13(15)14(16)9-12/h3-9,15-16H,2H2,1H3. The monoisotopic (exact) mass is 214 g/mol. The number of hydrogen-bond acceptors (Lipinski definition) is 2. The van der Waals surface area contributed by atoms with Crippen LogP contribution in [0.2, 0.25) is 0 Å². The van der Waals surface area contributed by atoms with E-state index in [1.165, 1.54) is 11.6 Å². The molecule has 2 rings (SSSR count). The molecule has 0 amide bonds. The lowest BCUT2D eigenvalue weighted by Crippen LogP contribution is -1.81. The third-order valence-electron chi connectivity index (χ3n) is 2.67. The van der Waals surface area contributed by atoms with Crippen molar-refractivity contribution in [3.05, 3.63) is 48.0 Å². The predicted molar refractivity (Wildman–Crippen MR) is 64.6 cm³/mol. The lowest BCUT2D eigenvalue weighted by atomic mass is 10.0. The summed E-state index contributed by atoms with van der Waals surface area (Å²) in [6, 6.07) is 13.0. The molecule has 0 heterocycles. The van der Waals surface area contributed by atoms with Gasteiger partial charge >= 0.3 is 0 Å². The molecule has 0 saturated heterocycles. The van der Waals surface area contributed by atoms with Crippen molar-refractivity contribution >= 4 is 0 Å². The van der Waals surface area contributed by atoms with Crippen LogP contribution in [0.25, 0.3) is 11.1 Å². The Bertz CT molecular complexity index is 487. The molecule has 0 spiro atoms. The highest BCUT2D eigenvalue weighted by molar-refractivity contribution is 5.67. The molecule has 2 aromatic carbocycles. The predicted octanol–water partition coefficient (Wildman–Crippen LogP) is 3.33.